The molecule has 13 nitrogen and oxygen atoms in total. The first kappa shape index (κ1) is 33.7. The number of β-amino-alcohol motifs (C(OH)–C–C–N with tert-alkyl or cyclic N) is 1. The van der Waals surface area contributed by atoms with Gasteiger partial charge < -0.3 is 34.1 Å². The molecule has 50 heavy (non-hydrogen) atoms. The van der Waals surface area contributed by atoms with E-state index in [1.54, 1.807) is 31.0 Å². The van der Waals surface area contributed by atoms with E-state index < -0.39 is 17.5 Å². The van der Waals surface area contributed by atoms with Gasteiger partial charge >= 0.3 is 6.01 Å². The topological polar surface area (TPSA) is 151 Å². The van der Waals surface area contributed by atoms with Gasteiger partial charge in [0.05, 0.1) is 70.5 Å². The molecule has 268 valence electrons. The molecule has 1 saturated carbocycles. The monoisotopic (exact) mass is 711 g/mol. The summed E-state index contributed by atoms with van der Waals surface area (Å²) in [6.45, 7) is 6.36. The van der Waals surface area contributed by atoms with Gasteiger partial charge in [-0.05, 0) is 57.7 Å². The Bertz CT molecular complexity index is 1920. The molecule has 0 bridgehead atoms. The number of benzene rings is 1. The molecule has 3 aliphatic heterocycles. The number of nitrogens with zero attached hydrogens (tertiary/aromatic N) is 6. The van der Waals surface area contributed by atoms with Crippen LogP contribution in [-0.2, 0) is 9.47 Å². The second-order valence-corrected chi connectivity index (χ2v) is 15.0. The normalized spacial score (nSPS) is 27.8. The van der Waals surface area contributed by atoms with Crippen molar-refractivity contribution in [3.63, 3.8) is 0 Å². The molecule has 3 N–H and O–H groups in total. The largest absolute Gasteiger partial charge is 0.480 e. The number of fused-ring (bicyclic) bond motifs is 3. The smallest absolute Gasteiger partial charge is 0.319 e. The zero-order valence-corrected chi connectivity index (χ0v) is 29.3. The number of ether oxygens (including phenoxy) is 4. The first-order valence-corrected chi connectivity index (χ1v) is 17.7. The molecular weight excluding hydrogens is 669 g/mol. The number of rotatable bonds is 8. The zero-order valence-electron chi connectivity index (χ0n) is 28.5. The van der Waals surface area contributed by atoms with Crippen LogP contribution >= 0.6 is 11.6 Å². The van der Waals surface area contributed by atoms with Crippen molar-refractivity contribution in [2.24, 2.45) is 5.41 Å². The Morgan fingerprint density at radius 1 is 1.20 bits per heavy atom. The van der Waals surface area contributed by atoms with E-state index in [0.717, 1.165) is 51.9 Å². The summed E-state index contributed by atoms with van der Waals surface area (Å²) in [5.41, 5.74) is 0.267. The van der Waals surface area contributed by atoms with Crippen molar-refractivity contribution in [2.45, 2.75) is 69.7 Å². The average molecular weight is 712 g/mol. The van der Waals surface area contributed by atoms with Crippen molar-refractivity contribution >= 4 is 39.2 Å². The van der Waals surface area contributed by atoms with Crippen LogP contribution in [0.5, 0.6) is 11.9 Å². The summed E-state index contributed by atoms with van der Waals surface area (Å²) < 4.78 is 41.0. The number of aromatic amines is 1. The Morgan fingerprint density at radius 2 is 2.02 bits per heavy atom. The maximum atomic E-state index is 17.2. The molecule has 15 heteroatoms. The van der Waals surface area contributed by atoms with Crippen LogP contribution in [-0.4, -0.2) is 124 Å². The number of nitrogens with one attached hydrogen (secondary N) is 1. The van der Waals surface area contributed by atoms with E-state index in [-0.39, 0.29) is 66.0 Å². The van der Waals surface area contributed by atoms with E-state index in [0.29, 0.717) is 45.7 Å². The van der Waals surface area contributed by atoms with Gasteiger partial charge in [0.25, 0.3) is 0 Å². The number of pyridine rings is 1. The third-order valence-corrected chi connectivity index (χ3v) is 11.5. The third-order valence-electron chi connectivity index (χ3n) is 11.1. The first-order chi connectivity index (χ1) is 24.1. The van der Waals surface area contributed by atoms with Crippen molar-refractivity contribution in [3.05, 3.63) is 28.7 Å². The fourth-order valence-corrected chi connectivity index (χ4v) is 8.77. The van der Waals surface area contributed by atoms with Crippen LogP contribution in [0.15, 0.2) is 12.3 Å². The number of anilines is 1. The Morgan fingerprint density at radius 3 is 2.78 bits per heavy atom. The van der Waals surface area contributed by atoms with Gasteiger partial charge in [0.15, 0.2) is 5.82 Å². The predicted molar refractivity (Wildman–Crippen MR) is 184 cm³/mol. The lowest BCUT2D eigenvalue weighted by molar-refractivity contribution is -0.115. The quantitative estimate of drug-likeness (QED) is 0.242. The van der Waals surface area contributed by atoms with E-state index in [1.807, 2.05) is 0 Å². The lowest BCUT2D eigenvalue weighted by Gasteiger charge is -2.51. The van der Waals surface area contributed by atoms with Crippen LogP contribution in [0.1, 0.15) is 44.6 Å². The molecular formula is C35H43ClFN7O6. The van der Waals surface area contributed by atoms with E-state index in [4.69, 9.17) is 45.5 Å². The number of likely N-dealkylation sites (tertiary alicyclic amines) is 1. The second kappa shape index (κ2) is 13.0. The molecule has 0 amide bonds. The fraction of sp³-hybridized carbons (Fsp3) is 0.600. The first-order valence-electron chi connectivity index (χ1n) is 17.4. The Balaban J connectivity index is 1.28. The predicted octanol–water partition coefficient (Wildman–Crippen LogP) is 4.04. The SMILES string of the molecule is COc1nc(-c2c(C)c(Cl)cc3[nH]ncc23)c(F)c2nc(OCC34CCCC3N(C3COC3)CCC4)nc(N3CC(CO)OCC(C)(O)C3)c12. The molecule has 1 aromatic carbocycles. The summed E-state index contributed by atoms with van der Waals surface area (Å²) in [6, 6.07) is 2.55. The molecule has 0 radical (unpaired) electrons. The zero-order chi connectivity index (χ0) is 34.8. The number of hydrogen-bond donors (Lipinski definition) is 3. The van der Waals surface area contributed by atoms with Gasteiger partial charge in [0, 0.05) is 34.0 Å². The summed E-state index contributed by atoms with van der Waals surface area (Å²) in [5.74, 6) is -0.360. The summed E-state index contributed by atoms with van der Waals surface area (Å²) in [4.78, 5) is 18.7. The number of halogens is 2. The van der Waals surface area contributed by atoms with Gasteiger partial charge in [-0.15, -0.1) is 0 Å². The van der Waals surface area contributed by atoms with Gasteiger partial charge in [-0.3, -0.25) is 10.00 Å². The number of methoxy groups -OCH3 is 1. The van der Waals surface area contributed by atoms with Gasteiger partial charge in [0.1, 0.15) is 28.0 Å². The Labute approximate surface area is 294 Å². The highest BCUT2D eigenvalue weighted by molar-refractivity contribution is 6.33. The van der Waals surface area contributed by atoms with E-state index >= 15 is 4.39 Å². The number of aliphatic hydroxyl groups excluding tert-OH is 1. The highest BCUT2D eigenvalue weighted by atomic mass is 35.5. The van der Waals surface area contributed by atoms with E-state index in [9.17, 15) is 10.2 Å². The lowest BCUT2D eigenvalue weighted by atomic mass is 9.75. The van der Waals surface area contributed by atoms with Crippen molar-refractivity contribution in [1.82, 2.24) is 30.0 Å². The molecule has 4 aliphatic rings. The number of H-pyrrole nitrogens is 1. The van der Waals surface area contributed by atoms with Crippen LogP contribution in [0.4, 0.5) is 10.2 Å². The maximum absolute atomic E-state index is 17.2. The molecule has 4 atom stereocenters. The molecule has 4 unspecified atom stereocenters. The van der Waals surface area contributed by atoms with Gasteiger partial charge in [-0.25, -0.2) is 9.37 Å². The van der Waals surface area contributed by atoms with Gasteiger partial charge in [-0.1, -0.05) is 18.0 Å². The van der Waals surface area contributed by atoms with Crippen LogP contribution < -0.4 is 14.4 Å². The van der Waals surface area contributed by atoms with E-state index in [1.165, 1.54) is 7.11 Å². The summed E-state index contributed by atoms with van der Waals surface area (Å²) in [6.07, 6.45) is 6.29. The minimum atomic E-state index is -1.31. The molecule has 6 heterocycles. The van der Waals surface area contributed by atoms with Crippen LogP contribution in [0.3, 0.4) is 0 Å². The molecule has 1 aliphatic carbocycles. The maximum Gasteiger partial charge on any atom is 0.319 e. The molecule has 0 spiro atoms. The van der Waals surface area contributed by atoms with Crippen molar-refractivity contribution in [2.75, 3.05) is 64.7 Å². The molecule has 4 fully saturated rings. The second-order valence-electron chi connectivity index (χ2n) is 14.6. The third kappa shape index (κ3) is 5.73. The Kier molecular flexibility index (Phi) is 8.75. The number of piperidine rings is 1. The fourth-order valence-electron chi connectivity index (χ4n) is 8.57. The molecule has 3 aromatic heterocycles. The number of hydrogen-bond acceptors (Lipinski definition) is 12. The summed E-state index contributed by atoms with van der Waals surface area (Å²) >= 11 is 6.62. The van der Waals surface area contributed by atoms with Gasteiger partial charge in [-0.2, -0.15) is 15.1 Å². The lowest BCUT2D eigenvalue weighted by Crippen LogP contribution is -2.60. The highest BCUT2D eigenvalue weighted by Gasteiger charge is 2.51. The van der Waals surface area contributed by atoms with Crippen LogP contribution in [0.2, 0.25) is 5.02 Å². The Hall–Kier alpha value is -3.40. The summed E-state index contributed by atoms with van der Waals surface area (Å²) in [7, 11) is 1.45. The summed E-state index contributed by atoms with van der Waals surface area (Å²) in [5, 5.41) is 29.7. The molecule has 4 aromatic rings. The van der Waals surface area contributed by atoms with Crippen molar-refractivity contribution in [1.29, 1.82) is 0 Å². The number of aromatic nitrogens is 5. The van der Waals surface area contributed by atoms with Crippen LogP contribution in [0.25, 0.3) is 33.1 Å². The van der Waals surface area contributed by atoms with Crippen molar-refractivity contribution in [3.8, 4) is 23.1 Å². The van der Waals surface area contributed by atoms with Crippen molar-refractivity contribution < 1.29 is 33.6 Å². The van der Waals surface area contributed by atoms with E-state index in [2.05, 4.69) is 15.1 Å². The standard InChI is InChI=1S/C35H43ClFN7O6/c1-19-23(36)10-24-22(11-38-42-24)26(19)29-28(37)30-27(32(39-29)47-3)31(43-12-21(13-45)49-17-34(2,46)16-43)41-33(40-30)50-18-35-7-4-6-25(35)44(9-5-8-35)20-14-48-15-20/h10-11,20-21,25,45-46H,4-9,12-18H2,1-3H3,(H,38,42). The number of aliphatic hydroxyl groups is 2. The van der Waals surface area contributed by atoms with Gasteiger partial charge in [0.2, 0.25) is 5.88 Å². The minimum absolute atomic E-state index is 0.00379. The molecule has 3 saturated heterocycles. The van der Waals surface area contributed by atoms with Crippen LogP contribution in [0, 0.1) is 18.2 Å². The molecule has 8 rings (SSSR count). The highest BCUT2D eigenvalue weighted by Crippen LogP contribution is 2.49. The average Bonchev–Trinajstić information content (AvgIpc) is 3.69. The minimum Gasteiger partial charge on any atom is -0.480 e.